The van der Waals surface area contributed by atoms with Crippen LogP contribution in [-0.4, -0.2) is 61.4 Å². The quantitative estimate of drug-likeness (QED) is 0.186. The Kier molecular flexibility index (Phi) is 13.5. The predicted octanol–water partition coefficient (Wildman–Crippen LogP) is 1.48. The van der Waals surface area contributed by atoms with Gasteiger partial charge < -0.3 is 20.9 Å². The molecule has 0 aliphatic heterocycles. The molecule has 3 N–H and O–H groups in total. The van der Waals surface area contributed by atoms with Crippen molar-refractivity contribution in [1.29, 1.82) is 0 Å². The number of guanidine groups is 1. The van der Waals surface area contributed by atoms with E-state index in [9.17, 15) is 9.59 Å². The first kappa shape index (κ1) is 23.9. The Morgan fingerprint density at radius 3 is 2.32 bits per heavy atom. The maximum atomic E-state index is 12.0. The Hall–Kier alpha value is -1.06. The first-order valence-corrected chi connectivity index (χ1v) is 9.19. The van der Waals surface area contributed by atoms with Crippen LogP contribution in [0.2, 0.25) is 0 Å². The van der Waals surface area contributed by atoms with E-state index in [0.29, 0.717) is 37.9 Å². The lowest BCUT2D eigenvalue weighted by Crippen LogP contribution is -2.40. The lowest BCUT2D eigenvalue weighted by molar-refractivity contribution is -0.130. The third-order valence-electron chi connectivity index (χ3n) is 3.87. The van der Waals surface area contributed by atoms with Gasteiger partial charge in [0.2, 0.25) is 11.8 Å². The number of hydrogen-bond donors (Lipinski definition) is 3. The maximum absolute atomic E-state index is 12.0. The second-order valence-corrected chi connectivity index (χ2v) is 5.95. The first-order chi connectivity index (χ1) is 11.6. The second-order valence-electron chi connectivity index (χ2n) is 5.95. The molecular formula is C17H34IN5O2. The Morgan fingerprint density at radius 1 is 1.08 bits per heavy atom. The van der Waals surface area contributed by atoms with Gasteiger partial charge in [-0.2, -0.15) is 0 Å². The highest BCUT2D eigenvalue weighted by atomic mass is 127. The monoisotopic (exact) mass is 467 g/mol. The number of hydrogen-bond acceptors (Lipinski definition) is 3. The highest BCUT2D eigenvalue weighted by Gasteiger charge is 2.22. The van der Waals surface area contributed by atoms with Crippen LogP contribution in [0.25, 0.3) is 0 Å². The standard InChI is InChI=1S/C17H33N5O2.HI/c1-4-18-17(20-13-11-16(24)22(5-2)6-3)19-12-7-8-15(23)21-14-9-10-14;/h14H,4-13H2,1-3H3,(H,21,23)(H2,18,19,20);1H. The highest BCUT2D eigenvalue weighted by molar-refractivity contribution is 14.0. The van der Waals surface area contributed by atoms with E-state index >= 15 is 0 Å². The summed E-state index contributed by atoms with van der Waals surface area (Å²) in [5.41, 5.74) is 0. The van der Waals surface area contributed by atoms with Gasteiger partial charge in [0.15, 0.2) is 5.96 Å². The van der Waals surface area contributed by atoms with Crippen molar-refractivity contribution in [1.82, 2.24) is 20.9 Å². The van der Waals surface area contributed by atoms with Crippen molar-refractivity contribution in [3.05, 3.63) is 0 Å². The molecule has 0 radical (unpaired) electrons. The van der Waals surface area contributed by atoms with Crippen molar-refractivity contribution in [3.8, 4) is 0 Å². The van der Waals surface area contributed by atoms with Crippen molar-refractivity contribution < 1.29 is 9.59 Å². The lowest BCUT2D eigenvalue weighted by atomic mass is 10.3. The highest BCUT2D eigenvalue weighted by Crippen LogP contribution is 2.18. The lowest BCUT2D eigenvalue weighted by Gasteiger charge is -2.19. The van der Waals surface area contributed by atoms with Crippen molar-refractivity contribution in [2.45, 2.75) is 58.9 Å². The minimum absolute atomic E-state index is 0. The van der Waals surface area contributed by atoms with E-state index in [1.807, 2.05) is 25.7 Å². The third kappa shape index (κ3) is 11.2. The molecule has 0 heterocycles. The molecule has 0 aromatic carbocycles. The van der Waals surface area contributed by atoms with E-state index in [4.69, 9.17) is 0 Å². The molecule has 0 spiro atoms. The molecule has 1 aliphatic rings. The van der Waals surface area contributed by atoms with E-state index < -0.39 is 0 Å². The Morgan fingerprint density at radius 2 is 1.76 bits per heavy atom. The smallest absolute Gasteiger partial charge is 0.224 e. The zero-order chi connectivity index (χ0) is 17.8. The average molecular weight is 467 g/mol. The zero-order valence-corrected chi connectivity index (χ0v) is 18.1. The van der Waals surface area contributed by atoms with E-state index in [-0.39, 0.29) is 35.8 Å². The molecule has 1 rings (SSSR count). The van der Waals surface area contributed by atoms with E-state index in [1.165, 1.54) is 0 Å². The van der Waals surface area contributed by atoms with E-state index in [2.05, 4.69) is 20.9 Å². The molecule has 0 atom stereocenters. The minimum atomic E-state index is 0. The van der Waals surface area contributed by atoms with Crippen molar-refractivity contribution in [2.75, 3.05) is 32.7 Å². The fourth-order valence-electron chi connectivity index (χ4n) is 2.32. The van der Waals surface area contributed by atoms with Crippen LogP contribution in [0, 0.1) is 0 Å². The fraction of sp³-hybridized carbons (Fsp3) is 0.824. The van der Waals surface area contributed by atoms with Gasteiger partial charge in [-0.25, -0.2) is 0 Å². The molecule has 1 aliphatic carbocycles. The van der Waals surface area contributed by atoms with Crippen LogP contribution >= 0.6 is 24.0 Å². The summed E-state index contributed by atoms with van der Waals surface area (Å²) in [6.07, 6.45) is 3.93. The summed E-state index contributed by atoms with van der Waals surface area (Å²) in [6, 6.07) is 0.420. The van der Waals surface area contributed by atoms with Gasteiger partial charge in [0.1, 0.15) is 0 Å². The van der Waals surface area contributed by atoms with Crippen molar-refractivity contribution in [2.24, 2.45) is 4.99 Å². The molecule has 0 aromatic rings. The van der Waals surface area contributed by atoms with E-state index in [1.54, 1.807) is 0 Å². The number of nitrogens with one attached hydrogen (secondary N) is 3. The average Bonchev–Trinajstić information content (AvgIpc) is 3.36. The molecular weight excluding hydrogens is 433 g/mol. The number of aliphatic imine (C=N–C) groups is 1. The SMILES string of the molecule is CCNC(=NCCCC(=O)NC1CC1)NCCC(=O)N(CC)CC.I. The molecule has 25 heavy (non-hydrogen) atoms. The van der Waals surface area contributed by atoms with E-state index in [0.717, 1.165) is 38.9 Å². The Bertz CT molecular complexity index is 423. The summed E-state index contributed by atoms with van der Waals surface area (Å²) in [5, 5.41) is 9.31. The van der Waals surface area contributed by atoms with Gasteiger partial charge in [-0.3, -0.25) is 14.6 Å². The molecule has 1 fully saturated rings. The van der Waals surface area contributed by atoms with Gasteiger partial charge in [-0.1, -0.05) is 0 Å². The second kappa shape index (κ2) is 14.1. The number of rotatable bonds is 11. The Labute approximate surface area is 168 Å². The summed E-state index contributed by atoms with van der Waals surface area (Å²) in [6.45, 7) is 9.37. The van der Waals surface area contributed by atoms with Crippen molar-refractivity contribution >= 4 is 41.8 Å². The number of carbonyl (C=O) groups excluding carboxylic acids is 2. The first-order valence-electron chi connectivity index (χ1n) is 9.19. The molecule has 8 heteroatoms. The number of nitrogens with zero attached hydrogens (tertiary/aromatic N) is 2. The molecule has 2 amide bonds. The van der Waals surface area contributed by atoms with Crippen LogP contribution in [-0.2, 0) is 9.59 Å². The summed E-state index contributed by atoms with van der Waals surface area (Å²) in [7, 11) is 0. The van der Waals surface area contributed by atoms with Gasteiger partial charge in [-0.05, 0) is 40.0 Å². The molecule has 146 valence electrons. The molecule has 0 unspecified atom stereocenters. The molecule has 0 saturated heterocycles. The van der Waals surface area contributed by atoms with Gasteiger partial charge in [0, 0.05) is 51.6 Å². The predicted molar refractivity (Wildman–Crippen MR) is 112 cm³/mol. The summed E-state index contributed by atoms with van der Waals surface area (Å²) in [5.74, 6) is 0.975. The van der Waals surface area contributed by atoms with Crippen LogP contribution in [0.1, 0.15) is 52.9 Å². The number of halogens is 1. The zero-order valence-electron chi connectivity index (χ0n) is 15.8. The molecule has 1 saturated carbocycles. The summed E-state index contributed by atoms with van der Waals surface area (Å²) >= 11 is 0. The molecule has 7 nitrogen and oxygen atoms in total. The summed E-state index contributed by atoms with van der Waals surface area (Å²) < 4.78 is 0. The molecule has 0 bridgehead atoms. The topological polar surface area (TPSA) is 85.8 Å². The van der Waals surface area contributed by atoms with Gasteiger partial charge in [0.25, 0.3) is 0 Å². The van der Waals surface area contributed by atoms with Gasteiger partial charge in [-0.15, -0.1) is 24.0 Å². The third-order valence-corrected chi connectivity index (χ3v) is 3.87. The maximum Gasteiger partial charge on any atom is 0.224 e. The fourth-order valence-corrected chi connectivity index (χ4v) is 2.32. The number of amides is 2. The van der Waals surface area contributed by atoms with Gasteiger partial charge >= 0.3 is 0 Å². The molecule has 0 aromatic heterocycles. The Balaban J connectivity index is 0.00000576. The van der Waals surface area contributed by atoms with Crippen molar-refractivity contribution in [3.63, 3.8) is 0 Å². The largest absolute Gasteiger partial charge is 0.357 e. The van der Waals surface area contributed by atoms with Crippen LogP contribution in [0.3, 0.4) is 0 Å². The van der Waals surface area contributed by atoms with Crippen LogP contribution in [0.4, 0.5) is 0 Å². The normalized spacial score (nSPS) is 13.6. The van der Waals surface area contributed by atoms with Crippen LogP contribution < -0.4 is 16.0 Å². The minimum Gasteiger partial charge on any atom is -0.357 e. The van der Waals surface area contributed by atoms with Crippen LogP contribution in [0.15, 0.2) is 4.99 Å². The summed E-state index contributed by atoms with van der Waals surface area (Å²) in [4.78, 5) is 29.8. The van der Waals surface area contributed by atoms with Gasteiger partial charge in [0.05, 0.1) is 0 Å². The van der Waals surface area contributed by atoms with Crippen LogP contribution in [0.5, 0.6) is 0 Å². The number of carbonyl (C=O) groups is 2.